The second-order valence-electron chi connectivity index (χ2n) is 6.71. The Kier molecular flexibility index (Phi) is 7.69. The summed E-state index contributed by atoms with van der Waals surface area (Å²) in [5.41, 5.74) is 1.29. The van der Waals surface area contributed by atoms with Crippen LogP contribution in [0.25, 0.3) is 0 Å². The number of rotatable bonds is 9. The Balaban J connectivity index is 1.46. The predicted octanol–water partition coefficient (Wildman–Crippen LogP) is 2.52. The van der Waals surface area contributed by atoms with E-state index in [0.29, 0.717) is 19.6 Å². The van der Waals surface area contributed by atoms with Gasteiger partial charge in [0.2, 0.25) is 5.91 Å². The van der Waals surface area contributed by atoms with Crippen molar-refractivity contribution < 1.29 is 14.3 Å². The molecule has 1 N–H and O–H groups in total. The molecule has 0 bridgehead atoms. The van der Waals surface area contributed by atoms with Crippen molar-refractivity contribution in [1.82, 2.24) is 10.2 Å². The van der Waals surface area contributed by atoms with E-state index in [1.54, 1.807) is 0 Å². The number of hydrogen-bond donors (Lipinski definition) is 1. The van der Waals surface area contributed by atoms with Crippen molar-refractivity contribution >= 4 is 5.91 Å². The van der Waals surface area contributed by atoms with E-state index < -0.39 is 0 Å². The van der Waals surface area contributed by atoms with Crippen molar-refractivity contribution in [3.05, 3.63) is 66.2 Å². The monoisotopic (exact) mass is 368 g/mol. The largest absolute Gasteiger partial charge is 0.493 e. The highest BCUT2D eigenvalue weighted by Crippen LogP contribution is 2.11. The van der Waals surface area contributed by atoms with Gasteiger partial charge in [-0.2, -0.15) is 0 Å². The summed E-state index contributed by atoms with van der Waals surface area (Å²) in [7, 11) is 0. The molecule has 1 unspecified atom stereocenters. The summed E-state index contributed by atoms with van der Waals surface area (Å²) in [6, 6.07) is 20.3. The molecule has 144 valence electrons. The maximum atomic E-state index is 12.2. The Hall–Kier alpha value is -2.37. The quantitative estimate of drug-likeness (QED) is 0.739. The first-order valence-electron chi connectivity index (χ1n) is 9.61. The van der Waals surface area contributed by atoms with Gasteiger partial charge in [-0.25, -0.2) is 0 Å². The van der Waals surface area contributed by atoms with Gasteiger partial charge >= 0.3 is 0 Å². The number of nitrogens with zero attached hydrogens (tertiary/aromatic N) is 1. The van der Waals surface area contributed by atoms with Crippen molar-refractivity contribution in [2.45, 2.75) is 18.9 Å². The van der Waals surface area contributed by atoms with Gasteiger partial charge in [0.25, 0.3) is 0 Å². The number of carbonyl (C=O) groups is 1. The molecule has 1 aliphatic rings. The molecule has 2 aromatic carbocycles. The zero-order chi connectivity index (χ0) is 18.7. The molecule has 0 aromatic heterocycles. The van der Waals surface area contributed by atoms with E-state index in [9.17, 15) is 4.79 Å². The molecule has 2 aromatic rings. The first-order chi connectivity index (χ1) is 13.3. The number of benzene rings is 2. The normalized spacial score (nSPS) is 15.9. The highest BCUT2D eigenvalue weighted by atomic mass is 16.5. The van der Waals surface area contributed by atoms with Gasteiger partial charge in [-0.1, -0.05) is 48.5 Å². The predicted molar refractivity (Wildman–Crippen MR) is 106 cm³/mol. The van der Waals surface area contributed by atoms with Crippen LogP contribution in [0.5, 0.6) is 5.75 Å². The van der Waals surface area contributed by atoms with Crippen LogP contribution in [0, 0.1) is 0 Å². The lowest BCUT2D eigenvalue weighted by Gasteiger charge is -2.34. The fraction of sp³-hybridized carbons (Fsp3) is 0.409. The summed E-state index contributed by atoms with van der Waals surface area (Å²) in [5, 5.41) is 3.09. The molecule has 1 aliphatic heterocycles. The Morgan fingerprint density at radius 1 is 1.04 bits per heavy atom. The van der Waals surface area contributed by atoms with Crippen LogP contribution >= 0.6 is 0 Å². The molecule has 1 heterocycles. The van der Waals surface area contributed by atoms with Crippen LogP contribution in [0.4, 0.5) is 0 Å². The molecule has 1 saturated heterocycles. The van der Waals surface area contributed by atoms with E-state index in [1.165, 1.54) is 5.56 Å². The van der Waals surface area contributed by atoms with Gasteiger partial charge in [-0.15, -0.1) is 0 Å². The van der Waals surface area contributed by atoms with Crippen LogP contribution in [0.2, 0.25) is 0 Å². The van der Waals surface area contributed by atoms with Crippen LogP contribution in [-0.2, 0) is 16.0 Å². The molecular weight excluding hydrogens is 340 g/mol. The first-order valence-corrected chi connectivity index (χ1v) is 9.61. The summed E-state index contributed by atoms with van der Waals surface area (Å²) in [6.45, 7) is 4.35. The van der Waals surface area contributed by atoms with E-state index in [2.05, 4.69) is 34.5 Å². The van der Waals surface area contributed by atoms with Crippen LogP contribution in [0.15, 0.2) is 60.7 Å². The molecule has 5 heteroatoms. The lowest BCUT2D eigenvalue weighted by atomic mass is 10.0. The number of nitrogens with one attached hydrogen (secondary N) is 1. The van der Waals surface area contributed by atoms with Gasteiger partial charge in [0.1, 0.15) is 5.75 Å². The lowest BCUT2D eigenvalue weighted by molar-refractivity contribution is -0.121. The van der Waals surface area contributed by atoms with E-state index in [4.69, 9.17) is 9.47 Å². The Morgan fingerprint density at radius 3 is 2.41 bits per heavy atom. The van der Waals surface area contributed by atoms with Crippen molar-refractivity contribution in [2.75, 3.05) is 39.5 Å². The summed E-state index contributed by atoms with van der Waals surface area (Å²) >= 11 is 0. The topological polar surface area (TPSA) is 50.8 Å². The lowest BCUT2D eigenvalue weighted by Crippen LogP contribution is -2.49. The van der Waals surface area contributed by atoms with Gasteiger partial charge in [0.05, 0.1) is 26.2 Å². The third kappa shape index (κ3) is 6.70. The minimum atomic E-state index is 0.0252. The molecule has 1 fully saturated rings. The van der Waals surface area contributed by atoms with Crippen molar-refractivity contribution in [3.63, 3.8) is 0 Å². The third-order valence-electron chi connectivity index (χ3n) is 4.75. The second-order valence-corrected chi connectivity index (χ2v) is 6.71. The minimum absolute atomic E-state index is 0.0252. The van der Waals surface area contributed by atoms with E-state index in [0.717, 1.165) is 38.5 Å². The maximum Gasteiger partial charge on any atom is 0.223 e. The van der Waals surface area contributed by atoms with Gasteiger partial charge in [-0.05, 0) is 24.1 Å². The standard InChI is InChI=1S/C22H28N2O3/c25-22(11-14-27-21-9-5-2-6-10-21)23-18-20(24-12-15-26-16-13-24)17-19-7-3-1-4-8-19/h1-10,20H,11-18H2,(H,23,25). The average molecular weight is 368 g/mol. The molecule has 0 spiro atoms. The molecule has 3 rings (SSSR count). The molecular formula is C22H28N2O3. The van der Waals surface area contributed by atoms with E-state index >= 15 is 0 Å². The van der Waals surface area contributed by atoms with Gasteiger partial charge in [-0.3, -0.25) is 9.69 Å². The number of morpholine rings is 1. The molecule has 27 heavy (non-hydrogen) atoms. The first kappa shape index (κ1) is 19.4. The Labute approximate surface area is 161 Å². The van der Waals surface area contributed by atoms with Crippen molar-refractivity contribution in [3.8, 4) is 5.75 Å². The number of ether oxygens (including phenoxy) is 2. The Bertz CT molecular complexity index is 672. The zero-order valence-electron chi connectivity index (χ0n) is 15.7. The molecule has 1 amide bonds. The summed E-state index contributed by atoms with van der Waals surface area (Å²) in [5.74, 6) is 0.817. The van der Waals surface area contributed by atoms with Gasteiger partial charge in [0, 0.05) is 25.7 Å². The van der Waals surface area contributed by atoms with Crippen LogP contribution in [0.1, 0.15) is 12.0 Å². The number of para-hydroxylation sites is 1. The highest BCUT2D eigenvalue weighted by Gasteiger charge is 2.21. The highest BCUT2D eigenvalue weighted by molar-refractivity contribution is 5.76. The van der Waals surface area contributed by atoms with Crippen molar-refractivity contribution in [1.29, 1.82) is 0 Å². The summed E-state index contributed by atoms with van der Waals surface area (Å²) in [4.78, 5) is 14.7. The maximum absolute atomic E-state index is 12.2. The second kappa shape index (κ2) is 10.7. The van der Waals surface area contributed by atoms with Gasteiger partial charge in [0.15, 0.2) is 0 Å². The summed E-state index contributed by atoms with van der Waals surface area (Å²) < 4.78 is 11.1. The van der Waals surface area contributed by atoms with Gasteiger partial charge < -0.3 is 14.8 Å². The van der Waals surface area contributed by atoms with Crippen LogP contribution < -0.4 is 10.1 Å². The van der Waals surface area contributed by atoms with Crippen LogP contribution in [-0.4, -0.2) is 56.3 Å². The summed E-state index contributed by atoms with van der Waals surface area (Å²) in [6.07, 6.45) is 1.28. The molecule has 1 atom stereocenters. The van der Waals surface area contributed by atoms with E-state index in [-0.39, 0.29) is 11.9 Å². The molecule has 5 nitrogen and oxygen atoms in total. The fourth-order valence-electron chi connectivity index (χ4n) is 3.26. The van der Waals surface area contributed by atoms with Crippen molar-refractivity contribution in [2.24, 2.45) is 0 Å². The minimum Gasteiger partial charge on any atom is -0.493 e. The molecule has 0 aliphatic carbocycles. The fourth-order valence-corrected chi connectivity index (χ4v) is 3.26. The van der Waals surface area contributed by atoms with Crippen LogP contribution in [0.3, 0.4) is 0 Å². The molecule has 0 radical (unpaired) electrons. The third-order valence-corrected chi connectivity index (χ3v) is 4.75. The van der Waals surface area contributed by atoms with E-state index in [1.807, 2.05) is 36.4 Å². The number of carbonyl (C=O) groups excluding carboxylic acids is 1. The zero-order valence-corrected chi connectivity index (χ0v) is 15.7. The SMILES string of the molecule is O=C(CCOc1ccccc1)NCC(Cc1ccccc1)N1CCOCC1. The Morgan fingerprint density at radius 2 is 1.70 bits per heavy atom. The average Bonchev–Trinajstić information content (AvgIpc) is 2.73. The number of hydrogen-bond acceptors (Lipinski definition) is 4. The number of amides is 1. The smallest absolute Gasteiger partial charge is 0.223 e. The molecule has 0 saturated carbocycles.